The van der Waals surface area contributed by atoms with Crippen molar-refractivity contribution in [3.8, 4) is 0 Å². The smallest absolute Gasteiger partial charge is 0.312 e. The zero-order valence-corrected chi connectivity index (χ0v) is 9.85. The number of hydrogen-bond acceptors (Lipinski definition) is 4. The molecule has 2 aromatic rings. The Balaban J connectivity index is 1.86. The lowest BCUT2D eigenvalue weighted by Crippen LogP contribution is -2.11. The molecule has 2 heterocycles. The molecule has 84 valence electrons. The SMILES string of the molecule is OC1OBc2cc(Sc3ccccn3)ccc21. The Bertz CT molecular complexity index is 535. The van der Waals surface area contributed by atoms with Crippen LogP contribution in [0.2, 0.25) is 0 Å². The number of nitrogens with zero attached hydrogens (tertiary/aromatic N) is 1. The molecule has 0 aliphatic carbocycles. The number of aliphatic hydroxyl groups is 1. The van der Waals surface area contributed by atoms with Crippen molar-refractivity contribution < 1.29 is 9.76 Å². The Hall–Kier alpha value is -1.30. The third kappa shape index (κ3) is 2.22. The van der Waals surface area contributed by atoms with Gasteiger partial charge in [0, 0.05) is 16.7 Å². The Labute approximate surface area is 104 Å². The molecule has 0 saturated heterocycles. The Kier molecular flexibility index (Phi) is 2.88. The second-order valence-electron chi connectivity index (χ2n) is 3.79. The van der Waals surface area contributed by atoms with Crippen LogP contribution >= 0.6 is 11.8 Å². The van der Waals surface area contributed by atoms with E-state index in [0.29, 0.717) is 7.48 Å². The average molecular weight is 243 g/mol. The van der Waals surface area contributed by atoms with Crippen LogP contribution in [0.4, 0.5) is 0 Å². The first-order chi connectivity index (χ1) is 8.33. The number of hydrogen-bond donors (Lipinski definition) is 1. The second-order valence-corrected chi connectivity index (χ2v) is 4.89. The molecular formula is C12H10BNO2S. The molecule has 1 N–H and O–H groups in total. The van der Waals surface area contributed by atoms with Gasteiger partial charge in [-0.3, -0.25) is 0 Å². The van der Waals surface area contributed by atoms with Crippen LogP contribution in [0.15, 0.2) is 52.5 Å². The van der Waals surface area contributed by atoms with Gasteiger partial charge in [-0.25, -0.2) is 4.98 Å². The van der Waals surface area contributed by atoms with Gasteiger partial charge in [0.2, 0.25) is 0 Å². The molecular weight excluding hydrogens is 233 g/mol. The summed E-state index contributed by atoms with van der Waals surface area (Å²) >= 11 is 1.61. The molecule has 3 rings (SSSR count). The van der Waals surface area contributed by atoms with Gasteiger partial charge in [-0.05, 0) is 23.7 Å². The molecule has 1 unspecified atom stereocenters. The van der Waals surface area contributed by atoms with Crippen LogP contribution in [0.25, 0.3) is 0 Å². The van der Waals surface area contributed by atoms with Gasteiger partial charge in [0.1, 0.15) is 5.03 Å². The molecule has 0 radical (unpaired) electrons. The number of aromatic nitrogens is 1. The molecule has 0 saturated carbocycles. The van der Waals surface area contributed by atoms with E-state index in [9.17, 15) is 5.11 Å². The number of benzene rings is 1. The van der Waals surface area contributed by atoms with Gasteiger partial charge >= 0.3 is 7.48 Å². The zero-order valence-electron chi connectivity index (χ0n) is 9.04. The fraction of sp³-hybridized carbons (Fsp3) is 0.0833. The van der Waals surface area contributed by atoms with E-state index in [2.05, 4.69) is 4.98 Å². The van der Waals surface area contributed by atoms with E-state index in [-0.39, 0.29) is 0 Å². The van der Waals surface area contributed by atoms with Crippen molar-refractivity contribution in [2.75, 3.05) is 0 Å². The molecule has 1 aliphatic rings. The van der Waals surface area contributed by atoms with Gasteiger partial charge in [-0.15, -0.1) is 0 Å². The summed E-state index contributed by atoms with van der Waals surface area (Å²) in [4.78, 5) is 5.38. The summed E-state index contributed by atoms with van der Waals surface area (Å²) < 4.78 is 5.16. The Morgan fingerprint density at radius 3 is 3.06 bits per heavy atom. The summed E-state index contributed by atoms with van der Waals surface area (Å²) in [5, 5.41) is 10.5. The number of aliphatic hydroxyl groups excluding tert-OH is 1. The monoisotopic (exact) mass is 243 g/mol. The quantitative estimate of drug-likeness (QED) is 0.805. The van der Waals surface area contributed by atoms with Crippen molar-refractivity contribution in [1.82, 2.24) is 4.98 Å². The lowest BCUT2D eigenvalue weighted by atomic mass is 9.87. The standard InChI is InChI=1S/C12H10BNO2S/c15-12-9-5-4-8(7-10(9)13-16-12)17-11-3-1-2-6-14-11/h1-7,12-13,15H. The predicted octanol–water partition coefficient (Wildman–Crippen LogP) is 1.23. The summed E-state index contributed by atoms with van der Waals surface area (Å²) in [6.45, 7) is 0. The van der Waals surface area contributed by atoms with E-state index in [1.807, 2.05) is 36.4 Å². The summed E-state index contributed by atoms with van der Waals surface area (Å²) in [6.07, 6.45) is 1.02. The largest absolute Gasteiger partial charge is 0.408 e. The molecule has 0 bridgehead atoms. The molecule has 0 fully saturated rings. The summed E-state index contributed by atoms with van der Waals surface area (Å²) in [6, 6.07) is 11.8. The Morgan fingerprint density at radius 2 is 2.24 bits per heavy atom. The molecule has 1 aliphatic heterocycles. The third-order valence-corrected chi connectivity index (χ3v) is 3.58. The molecule has 0 spiro atoms. The van der Waals surface area contributed by atoms with Crippen molar-refractivity contribution in [2.24, 2.45) is 0 Å². The van der Waals surface area contributed by atoms with E-state index in [1.165, 1.54) is 0 Å². The van der Waals surface area contributed by atoms with Gasteiger partial charge in [-0.1, -0.05) is 30.0 Å². The van der Waals surface area contributed by atoms with Crippen LogP contribution in [0.1, 0.15) is 11.9 Å². The first-order valence-corrected chi connectivity index (χ1v) is 6.16. The maximum Gasteiger partial charge on any atom is 0.312 e. The van der Waals surface area contributed by atoms with Crippen LogP contribution in [0, 0.1) is 0 Å². The van der Waals surface area contributed by atoms with Gasteiger partial charge in [0.05, 0.1) is 0 Å². The molecule has 1 aromatic carbocycles. The van der Waals surface area contributed by atoms with Crippen LogP contribution in [0.3, 0.4) is 0 Å². The highest BCUT2D eigenvalue weighted by Crippen LogP contribution is 2.27. The van der Waals surface area contributed by atoms with E-state index in [0.717, 1.165) is 20.9 Å². The highest BCUT2D eigenvalue weighted by atomic mass is 32.2. The van der Waals surface area contributed by atoms with Crippen molar-refractivity contribution in [3.63, 3.8) is 0 Å². The molecule has 0 amide bonds. The van der Waals surface area contributed by atoms with Crippen molar-refractivity contribution in [3.05, 3.63) is 48.2 Å². The normalized spacial score (nSPS) is 17.6. The third-order valence-electron chi connectivity index (χ3n) is 2.64. The lowest BCUT2D eigenvalue weighted by molar-refractivity contribution is -0.00795. The Morgan fingerprint density at radius 1 is 1.29 bits per heavy atom. The fourth-order valence-corrected chi connectivity index (χ4v) is 2.64. The second kappa shape index (κ2) is 4.53. The van der Waals surface area contributed by atoms with Crippen LogP contribution < -0.4 is 5.46 Å². The van der Waals surface area contributed by atoms with E-state index in [4.69, 9.17) is 4.65 Å². The van der Waals surface area contributed by atoms with Gasteiger partial charge < -0.3 is 9.76 Å². The molecule has 1 atom stereocenters. The summed E-state index contributed by atoms with van der Waals surface area (Å²) in [5.41, 5.74) is 1.92. The number of fused-ring (bicyclic) bond motifs is 1. The molecule has 5 heteroatoms. The van der Waals surface area contributed by atoms with Crippen LogP contribution in [-0.2, 0) is 4.65 Å². The minimum Gasteiger partial charge on any atom is -0.408 e. The van der Waals surface area contributed by atoms with Crippen molar-refractivity contribution >= 4 is 24.7 Å². The van der Waals surface area contributed by atoms with Gasteiger partial charge in [0.25, 0.3) is 0 Å². The number of pyridine rings is 1. The highest BCUT2D eigenvalue weighted by Gasteiger charge is 2.22. The fourth-order valence-electron chi connectivity index (χ4n) is 1.80. The molecule has 17 heavy (non-hydrogen) atoms. The molecule has 1 aromatic heterocycles. The molecule has 3 nitrogen and oxygen atoms in total. The van der Waals surface area contributed by atoms with Crippen LogP contribution in [-0.4, -0.2) is 17.6 Å². The van der Waals surface area contributed by atoms with E-state index >= 15 is 0 Å². The maximum atomic E-state index is 9.52. The van der Waals surface area contributed by atoms with E-state index in [1.54, 1.807) is 18.0 Å². The topological polar surface area (TPSA) is 42.4 Å². The first-order valence-electron chi connectivity index (χ1n) is 5.34. The summed E-state index contributed by atoms with van der Waals surface area (Å²) in [5.74, 6) is 0. The minimum atomic E-state index is -0.765. The van der Waals surface area contributed by atoms with E-state index < -0.39 is 6.29 Å². The lowest BCUT2D eigenvalue weighted by Gasteiger charge is -2.05. The first kappa shape index (κ1) is 10.8. The van der Waals surface area contributed by atoms with Crippen LogP contribution in [0.5, 0.6) is 0 Å². The predicted molar refractivity (Wildman–Crippen MR) is 67.6 cm³/mol. The minimum absolute atomic E-state index is 0.479. The zero-order chi connectivity index (χ0) is 11.7. The average Bonchev–Trinajstić information content (AvgIpc) is 2.72. The number of rotatable bonds is 2. The summed E-state index contributed by atoms with van der Waals surface area (Å²) in [7, 11) is 0.479. The van der Waals surface area contributed by atoms with Crippen molar-refractivity contribution in [2.45, 2.75) is 16.2 Å². The maximum absolute atomic E-state index is 9.52. The van der Waals surface area contributed by atoms with Gasteiger partial charge in [-0.2, -0.15) is 0 Å². The van der Waals surface area contributed by atoms with Gasteiger partial charge in [0.15, 0.2) is 6.29 Å². The highest BCUT2D eigenvalue weighted by molar-refractivity contribution is 7.99. The van der Waals surface area contributed by atoms with Crippen molar-refractivity contribution in [1.29, 1.82) is 0 Å².